The van der Waals surface area contributed by atoms with E-state index in [-0.39, 0.29) is 23.7 Å². The maximum Gasteiger partial charge on any atom is 0.341 e. The Labute approximate surface area is 155 Å². The van der Waals surface area contributed by atoms with Gasteiger partial charge in [0, 0.05) is 17.3 Å². The molecular formula is C20H18N2O5. The molecule has 0 saturated carbocycles. The van der Waals surface area contributed by atoms with E-state index >= 15 is 0 Å². The van der Waals surface area contributed by atoms with Gasteiger partial charge in [0.1, 0.15) is 5.56 Å². The molecule has 0 fully saturated rings. The number of ether oxygens (including phenoxy) is 1. The largest absolute Gasteiger partial charge is 0.477 e. The Morgan fingerprint density at radius 3 is 2.41 bits per heavy atom. The maximum absolute atomic E-state index is 11.5. The van der Waals surface area contributed by atoms with E-state index in [0.717, 1.165) is 16.8 Å². The molecule has 2 heterocycles. The third-order valence-corrected chi connectivity index (χ3v) is 4.01. The van der Waals surface area contributed by atoms with Crippen LogP contribution in [0.2, 0.25) is 0 Å². The maximum atomic E-state index is 11.5. The second-order valence-electron chi connectivity index (χ2n) is 5.89. The number of carbonyl (C=O) groups excluding carboxylic acids is 1. The predicted molar refractivity (Wildman–Crippen MR) is 97.2 cm³/mol. The highest BCUT2D eigenvalue weighted by Crippen LogP contribution is 2.27. The molecule has 7 heteroatoms. The average Bonchev–Trinajstić information content (AvgIpc) is 3.04. The number of aromatic nitrogens is 2. The number of carboxylic acids is 1. The Morgan fingerprint density at radius 1 is 1.11 bits per heavy atom. The van der Waals surface area contributed by atoms with Crippen molar-refractivity contribution in [3.63, 3.8) is 0 Å². The van der Waals surface area contributed by atoms with Crippen LogP contribution in [0, 0.1) is 6.92 Å². The molecule has 2 aromatic heterocycles. The molecule has 1 N–H and O–H groups in total. The van der Waals surface area contributed by atoms with Gasteiger partial charge in [-0.05, 0) is 31.5 Å². The van der Waals surface area contributed by atoms with Crippen molar-refractivity contribution in [2.75, 3.05) is 6.61 Å². The summed E-state index contributed by atoms with van der Waals surface area (Å²) < 4.78 is 10.1. The number of carboxylic acid groups (broad SMARTS) is 1. The number of hydrogen-bond acceptors (Lipinski definition) is 6. The highest BCUT2D eigenvalue weighted by atomic mass is 16.5. The molecule has 0 bridgehead atoms. The summed E-state index contributed by atoms with van der Waals surface area (Å²) in [5.41, 5.74) is 3.34. The SMILES string of the molecule is CCOC(=O)Cc1ccc(-c2ccc(-c3onc(C)c3C(=O)O)cn2)cc1. The number of pyridine rings is 1. The molecule has 0 aliphatic heterocycles. The summed E-state index contributed by atoms with van der Waals surface area (Å²) in [6.45, 7) is 3.72. The minimum Gasteiger partial charge on any atom is -0.477 e. The quantitative estimate of drug-likeness (QED) is 0.666. The molecule has 1 aromatic carbocycles. The average molecular weight is 366 g/mol. The fourth-order valence-corrected chi connectivity index (χ4v) is 2.69. The molecule has 0 aliphatic rings. The number of aromatic carboxylic acids is 1. The zero-order valence-corrected chi connectivity index (χ0v) is 14.9. The van der Waals surface area contributed by atoms with E-state index in [2.05, 4.69) is 10.1 Å². The van der Waals surface area contributed by atoms with Crippen molar-refractivity contribution in [2.24, 2.45) is 0 Å². The van der Waals surface area contributed by atoms with Crippen LogP contribution in [0.4, 0.5) is 0 Å². The number of rotatable bonds is 6. The molecule has 3 rings (SSSR count). The molecule has 0 spiro atoms. The Kier molecular flexibility index (Phi) is 5.30. The molecule has 0 unspecified atom stereocenters. The van der Waals surface area contributed by atoms with Crippen molar-refractivity contribution in [3.05, 3.63) is 59.4 Å². The lowest BCUT2D eigenvalue weighted by molar-refractivity contribution is -0.142. The first kappa shape index (κ1) is 18.3. The molecule has 3 aromatic rings. The van der Waals surface area contributed by atoms with Crippen LogP contribution in [0.3, 0.4) is 0 Å². The van der Waals surface area contributed by atoms with Crippen LogP contribution in [0.1, 0.15) is 28.5 Å². The van der Waals surface area contributed by atoms with Gasteiger partial charge in [0.25, 0.3) is 0 Å². The van der Waals surface area contributed by atoms with E-state index in [1.165, 1.54) is 0 Å². The minimum atomic E-state index is -1.09. The first-order valence-corrected chi connectivity index (χ1v) is 8.40. The van der Waals surface area contributed by atoms with Gasteiger partial charge in [0.05, 0.1) is 24.4 Å². The summed E-state index contributed by atoms with van der Waals surface area (Å²) in [7, 11) is 0. The molecule has 0 amide bonds. The smallest absolute Gasteiger partial charge is 0.341 e. The van der Waals surface area contributed by atoms with Gasteiger partial charge in [-0.3, -0.25) is 9.78 Å². The summed E-state index contributed by atoms with van der Waals surface area (Å²) >= 11 is 0. The van der Waals surface area contributed by atoms with Crippen molar-refractivity contribution in [2.45, 2.75) is 20.3 Å². The topological polar surface area (TPSA) is 103 Å². The zero-order chi connectivity index (χ0) is 19.4. The van der Waals surface area contributed by atoms with Crippen LogP contribution < -0.4 is 0 Å². The lowest BCUT2D eigenvalue weighted by Gasteiger charge is -2.05. The Balaban J connectivity index is 1.80. The molecule has 7 nitrogen and oxygen atoms in total. The van der Waals surface area contributed by atoms with E-state index in [0.29, 0.717) is 17.9 Å². The number of aryl methyl sites for hydroxylation is 1. The summed E-state index contributed by atoms with van der Waals surface area (Å²) in [6.07, 6.45) is 1.78. The highest BCUT2D eigenvalue weighted by Gasteiger charge is 2.21. The number of esters is 1. The van der Waals surface area contributed by atoms with Gasteiger partial charge < -0.3 is 14.4 Å². The third-order valence-electron chi connectivity index (χ3n) is 4.01. The first-order chi connectivity index (χ1) is 13.0. The van der Waals surface area contributed by atoms with Gasteiger partial charge in [0.2, 0.25) is 0 Å². The fraction of sp³-hybridized carbons (Fsp3) is 0.200. The van der Waals surface area contributed by atoms with Crippen LogP contribution in [0.25, 0.3) is 22.6 Å². The third kappa shape index (κ3) is 4.03. The number of carbonyl (C=O) groups is 2. The summed E-state index contributed by atoms with van der Waals surface area (Å²) in [4.78, 5) is 27.3. The Bertz CT molecular complexity index is 959. The number of benzene rings is 1. The van der Waals surface area contributed by atoms with Gasteiger partial charge in [-0.1, -0.05) is 29.4 Å². The lowest BCUT2D eigenvalue weighted by Crippen LogP contribution is -2.07. The second kappa shape index (κ2) is 7.82. The molecule has 138 valence electrons. The van der Waals surface area contributed by atoms with Crippen LogP contribution in [0.5, 0.6) is 0 Å². The van der Waals surface area contributed by atoms with Crippen LogP contribution in [-0.2, 0) is 16.0 Å². The van der Waals surface area contributed by atoms with Crippen molar-refractivity contribution < 1.29 is 24.0 Å². The van der Waals surface area contributed by atoms with Gasteiger partial charge in [-0.15, -0.1) is 0 Å². The van der Waals surface area contributed by atoms with Crippen LogP contribution in [-0.4, -0.2) is 33.8 Å². The first-order valence-electron chi connectivity index (χ1n) is 8.40. The molecule has 0 saturated heterocycles. The minimum absolute atomic E-state index is 0.0351. The van der Waals surface area contributed by atoms with E-state index in [1.54, 1.807) is 32.2 Å². The monoisotopic (exact) mass is 366 g/mol. The van der Waals surface area contributed by atoms with Crippen molar-refractivity contribution in [1.82, 2.24) is 10.1 Å². The van der Waals surface area contributed by atoms with Gasteiger partial charge in [-0.2, -0.15) is 0 Å². The number of hydrogen-bond donors (Lipinski definition) is 1. The summed E-state index contributed by atoms with van der Waals surface area (Å²) in [5, 5.41) is 13.0. The fourth-order valence-electron chi connectivity index (χ4n) is 2.69. The summed E-state index contributed by atoms with van der Waals surface area (Å²) in [5.74, 6) is -1.17. The van der Waals surface area contributed by atoms with Gasteiger partial charge in [-0.25, -0.2) is 4.79 Å². The molecule has 0 radical (unpaired) electrons. The van der Waals surface area contributed by atoms with E-state index in [4.69, 9.17) is 9.26 Å². The second-order valence-corrected chi connectivity index (χ2v) is 5.89. The van der Waals surface area contributed by atoms with Crippen LogP contribution in [0.15, 0.2) is 47.1 Å². The van der Waals surface area contributed by atoms with Crippen molar-refractivity contribution in [3.8, 4) is 22.6 Å². The van der Waals surface area contributed by atoms with Crippen LogP contribution >= 0.6 is 0 Å². The summed E-state index contributed by atoms with van der Waals surface area (Å²) in [6, 6.07) is 11.0. The standard InChI is InChI=1S/C20H18N2O5/c1-3-26-17(23)10-13-4-6-14(7-5-13)16-9-8-15(11-21-16)19-18(20(24)25)12(2)22-27-19/h4-9,11H,3,10H2,1-2H3,(H,24,25). The van der Waals surface area contributed by atoms with Gasteiger partial charge >= 0.3 is 11.9 Å². The zero-order valence-electron chi connectivity index (χ0n) is 14.9. The normalized spacial score (nSPS) is 10.6. The predicted octanol–water partition coefficient (Wildman–Crippen LogP) is 3.52. The lowest BCUT2D eigenvalue weighted by atomic mass is 10.0. The van der Waals surface area contributed by atoms with E-state index in [1.807, 2.05) is 24.3 Å². The Hall–Kier alpha value is -3.48. The molecular weight excluding hydrogens is 348 g/mol. The highest BCUT2D eigenvalue weighted by molar-refractivity contribution is 5.95. The molecule has 0 aliphatic carbocycles. The Morgan fingerprint density at radius 2 is 1.81 bits per heavy atom. The number of nitrogens with zero attached hydrogens (tertiary/aromatic N) is 2. The molecule has 27 heavy (non-hydrogen) atoms. The van der Waals surface area contributed by atoms with Crippen molar-refractivity contribution >= 4 is 11.9 Å². The van der Waals surface area contributed by atoms with Gasteiger partial charge in [0.15, 0.2) is 5.76 Å². The molecule has 0 atom stereocenters. The van der Waals surface area contributed by atoms with E-state index in [9.17, 15) is 14.7 Å². The van der Waals surface area contributed by atoms with E-state index < -0.39 is 5.97 Å². The van der Waals surface area contributed by atoms with Crippen molar-refractivity contribution in [1.29, 1.82) is 0 Å².